The first-order valence-corrected chi connectivity index (χ1v) is 4.32. The van der Waals surface area contributed by atoms with Crippen molar-refractivity contribution >= 4 is 11.4 Å². The van der Waals surface area contributed by atoms with Gasteiger partial charge in [0, 0.05) is 19.7 Å². The van der Waals surface area contributed by atoms with Gasteiger partial charge >= 0.3 is 0 Å². The molecule has 0 spiro atoms. The smallest absolute Gasteiger partial charge is 0.295 e. The maximum atomic E-state index is 13.2. The second-order valence-electron chi connectivity index (χ2n) is 2.81. The normalized spacial score (nSPS) is 10.0. The van der Waals surface area contributed by atoms with Gasteiger partial charge < -0.3 is 10.1 Å². The Balaban J connectivity index is 2.87. The van der Waals surface area contributed by atoms with Gasteiger partial charge in [-0.15, -0.1) is 0 Å². The van der Waals surface area contributed by atoms with Crippen LogP contribution in [0.5, 0.6) is 0 Å². The summed E-state index contributed by atoms with van der Waals surface area (Å²) in [4.78, 5) is 9.95. The molecule has 0 amide bonds. The van der Waals surface area contributed by atoms with Crippen LogP contribution in [-0.4, -0.2) is 25.2 Å². The van der Waals surface area contributed by atoms with Crippen molar-refractivity contribution in [2.75, 3.05) is 25.6 Å². The Hall–Kier alpha value is -1.69. The van der Waals surface area contributed by atoms with Crippen LogP contribution in [0.1, 0.15) is 0 Å². The molecule has 0 saturated carbocycles. The molecular weight excluding hydrogens is 203 g/mol. The van der Waals surface area contributed by atoms with Crippen LogP contribution >= 0.6 is 0 Å². The van der Waals surface area contributed by atoms with Gasteiger partial charge in [0.05, 0.1) is 11.5 Å². The first kappa shape index (κ1) is 11.4. The Kier molecular flexibility index (Phi) is 3.99. The molecule has 1 N–H and O–H groups in total. The second kappa shape index (κ2) is 5.26. The third kappa shape index (κ3) is 2.88. The minimum Gasteiger partial charge on any atom is -0.383 e. The molecule has 0 fully saturated rings. The fourth-order valence-corrected chi connectivity index (χ4v) is 1.12. The lowest BCUT2D eigenvalue weighted by molar-refractivity contribution is -0.384. The Morgan fingerprint density at radius 3 is 2.93 bits per heavy atom. The van der Waals surface area contributed by atoms with E-state index in [-0.39, 0.29) is 11.4 Å². The van der Waals surface area contributed by atoms with Crippen LogP contribution in [0.25, 0.3) is 0 Å². The molecule has 0 aromatic heterocycles. The first-order valence-electron chi connectivity index (χ1n) is 4.32. The highest BCUT2D eigenvalue weighted by Gasteiger charge is 2.16. The van der Waals surface area contributed by atoms with Gasteiger partial charge in [-0.05, 0) is 6.07 Å². The van der Waals surface area contributed by atoms with Crippen molar-refractivity contribution in [1.82, 2.24) is 0 Å². The molecule has 0 unspecified atom stereocenters. The van der Waals surface area contributed by atoms with Gasteiger partial charge in [0.1, 0.15) is 5.69 Å². The number of para-hydroxylation sites is 1. The fourth-order valence-electron chi connectivity index (χ4n) is 1.12. The molecule has 5 nitrogen and oxygen atoms in total. The summed E-state index contributed by atoms with van der Waals surface area (Å²) >= 11 is 0. The Morgan fingerprint density at radius 2 is 2.33 bits per heavy atom. The lowest BCUT2D eigenvalue weighted by Crippen LogP contribution is -2.10. The van der Waals surface area contributed by atoms with Gasteiger partial charge in [-0.3, -0.25) is 10.1 Å². The molecule has 0 aliphatic rings. The van der Waals surface area contributed by atoms with Crippen LogP contribution in [0.3, 0.4) is 0 Å². The summed E-state index contributed by atoms with van der Waals surface area (Å²) in [6, 6.07) is 3.72. The van der Waals surface area contributed by atoms with Gasteiger partial charge in [-0.1, -0.05) is 6.07 Å². The van der Waals surface area contributed by atoms with E-state index in [4.69, 9.17) is 4.74 Å². The monoisotopic (exact) mass is 214 g/mol. The van der Waals surface area contributed by atoms with Crippen molar-refractivity contribution in [2.24, 2.45) is 0 Å². The van der Waals surface area contributed by atoms with Crippen molar-refractivity contribution in [1.29, 1.82) is 0 Å². The molecule has 0 bridgehead atoms. The first-order chi connectivity index (χ1) is 7.16. The molecule has 82 valence electrons. The van der Waals surface area contributed by atoms with Crippen LogP contribution in [0.15, 0.2) is 18.2 Å². The van der Waals surface area contributed by atoms with E-state index in [1.165, 1.54) is 25.3 Å². The number of rotatable bonds is 5. The van der Waals surface area contributed by atoms with E-state index in [0.29, 0.717) is 13.2 Å². The van der Waals surface area contributed by atoms with Gasteiger partial charge in [0.2, 0.25) is 0 Å². The summed E-state index contributed by atoms with van der Waals surface area (Å²) in [5.74, 6) is -0.639. The van der Waals surface area contributed by atoms with Crippen LogP contribution in [0.2, 0.25) is 0 Å². The van der Waals surface area contributed by atoms with E-state index in [1.807, 2.05) is 0 Å². The van der Waals surface area contributed by atoms with E-state index < -0.39 is 10.7 Å². The molecule has 1 rings (SSSR count). The molecule has 0 atom stereocenters. The maximum absolute atomic E-state index is 13.2. The van der Waals surface area contributed by atoms with Crippen molar-refractivity contribution in [3.05, 3.63) is 34.1 Å². The van der Waals surface area contributed by atoms with Crippen molar-refractivity contribution in [3.63, 3.8) is 0 Å². The molecule has 0 heterocycles. The number of nitro groups is 1. The average Bonchev–Trinajstić information content (AvgIpc) is 2.20. The zero-order chi connectivity index (χ0) is 11.3. The van der Waals surface area contributed by atoms with Gasteiger partial charge in [-0.2, -0.15) is 0 Å². The third-order valence-corrected chi connectivity index (χ3v) is 1.80. The summed E-state index contributed by atoms with van der Waals surface area (Å²) in [5.41, 5.74) is -0.370. The number of nitrogens with zero attached hydrogens (tertiary/aromatic N) is 1. The van der Waals surface area contributed by atoms with Crippen LogP contribution in [0.4, 0.5) is 15.8 Å². The Bertz CT molecular complexity index is 357. The molecule has 1 aromatic carbocycles. The lowest BCUT2D eigenvalue weighted by Gasteiger charge is -2.06. The molecule has 1 aromatic rings. The molecule has 0 aliphatic carbocycles. The summed E-state index contributed by atoms with van der Waals surface area (Å²) in [5, 5.41) is 13.2. The number of methoxy groups -OCH3 is 1. The van der Waals surface area contributed by atoms with E-state index in [9.17, 15) is 14.5 Å². The van der Waals surface area contributed by atoms with E-state index in [2.05, 4.69) is 5.32 Å². The summed E-state index contributed by atoms with van der Waals surface area (Å²) in [6.45, 7) is 0.670. The fraction of sp³-hybridized carbons (Fsp3) is 0.333. The molecule has 0 aliphatic heterocycles. The number of ether oxygens (including phenoxy) is 1. The minimum absolute atomic E-state index is 0.0976. The van der Waals surface area contributed by atoms with E-state index in [1.54, 1.807) is 0 Å². The number of hydrogen-bond donors (Lipinski definition) is 1. The topological polar surface area (TPSA) is 64.4 Å². The van der Waals surface area contributed by atoms with Crippen molar-refractivity contribution < 1.29 is 14.1 Å². The van der Waals surface area contributed by atoms with Crippen LogP contribution in [0, 0.1) is 15.9 Å². The van der Waals surface area contributed by atoms with Gasteiger partial charge in [-0.25, -0.2) is 4.39 Å². The van der Waals surface area contributed by atoms with Crippen molar-refractivity contribution in [2.45, 2.75) is 0 Å². The number of nitrogens with one attached hydrogen (secondary N) is 1. The predicted molar refractivity (Wildman–Crippen MR) is 53.4 cm³/mol. The quantitative estimate of drug-likeness (QED) is 0.461. The predicted octanol–water partition coefficient (Wildman–Crippen LogP) is 1.79. The highest BCUT2D eigenvalue weighted by atomic mass is 19.1. The number of anilines is 1. The average molecular weight is 214 g/mol. The zero-order valence-corrected chi connectivity index (χ0v) is 8.20. The minimum atomic E-state index is -0.639. The SMILES string of the molecule is COCCNc1c(F)cccc1[N+](=O)[O-]. The summed E-state index contributed by atoms with van der Waals surface area (Å²) in [6.07, 6.45) is 0. The van der Waals surface area contributed by atoms with E-state index >= 15 is 0 Å². The Morgan fingerprint density at radius 1 is 1.60 bits per heavy atom. The Labute approximate surface area is 86.0 Å². The zero-order valence-electron chi connectivity index (χ0n) is 8.20. The summed E-state index contributed by atoms with van der Waals surface area (Å²) < 4.78 is 18.0. The van der Waals surface area contributed by atoms with Crippen LogP contribution < -0.4 is 5.32 Å². The number of hydrogen-bond acceptors (Lipinski definition) is 4. The number of halogens is 1. The molecule has 0 radical (unpaired) electrons. The number of nitro benzene ring substituents is 1. The molecule has 15 heavy (non-hydrogen) atoms. The standard InChI is InChI=1S/C9H11FN2O3/c1-15-6-5-11-9-7(10)3-2-4-8(9)12(13)14/h2-4,11H,5-6H2,1H3. The molecule has 6 heteroatoms. The highest BCUT2D eigenvalue weighted by molar-refractivity contribution is 5.62. The van der Waals surface area contributed by atoms with Gasteiger partial charge in [0.25, 0.3) is 5.69 Å². The van der Waals surface area contributed by atoms with E-state index in [0.717, 1.165) is 0 Å². The summed E-state index contributed by atoms with van der Waals surface area (Å²) in [7, 11) is 1.50. The van der Waals surface area contributed by atoms with Crippen LogP contribution in [-0.2, 0) is 4.74 Å². The maximum Gasteiger partial charge on any atom is 0.295 e. The molecular formula is C9H11FN2O3. The van der Waals surface area contributed by atoms with Gasteiger partial charge in [0.15, 0.2) is 5.82 Å². The number of benzene rings is 1. The lowest BCUT2D eigenvalue weighted by atomic mass is 10.2. The largest absolute Gasteiger partial charge is 0.383 e. The van der Waals surface area contributed by atoms with Crippen molar-refractivity contribution in [3.8, 4) is 0 Å². The second-order valence-corrected chi connectivity index (χ2v) is 2.81. The molecule has 0 saturated heterocycles. The highest BCUT2D eigenvalue weighted by Crippen LogP contribution is 2.26. The third-order valence-electron chi connectivity index (χ3n) is 1.80.